The van der Waals surface area contributed by atoms with Crippen LogP contribution in [0.2, 0.25) is 0 Å². The highest BCUT2D eigenvalue weighted by atomic mass is 35.5. The molecule has 74 valence electrons. The number of rotatable bonds is 6. The van der Waals surface area contributed by atoms with Gasteiger partial charge < -0.3 is 10.1 Å². The second-order valence-corrected chi connectivity index (χ2v) is 3.88. The highest BCUT2D eigenvalue weighted by molar-refractivity contribution is 7.13. The van der Waals surface area contributed by atoms with E-state index in [2.05, 4.69) is 10.3 Å². The van der Waals surface area contributed by atoms with Crippen molar-refractivity contribution in [3.05, 3.63) is 11.6 Å². The number of ether oxygens (including phenoxy) is 1. The number of aromatic nitrogens is 1. The zero-order chi connectivity index (χ0) is 9.52. The van der Waals surface area contributed by atoms with Crippen molar-refractivity contribution in [1.82, 2.24) is 4.98 Å². The van der Waals surface area contributed by atoms with Crippen LogP contribution in [0.5, 0.6) is 0 Å². The van der Waals surface area contributed by atoms with E-state index in [9.17, 15) is 0 Å². The minimum absolute atomic E-state index is 0.258. The number of halogens is 1. The Bertz CT molecular complexity index is 212. The molecule has 3 nitrogen and oxygen atoms in total. The van der Waals surface area contributed by atoms with Crippen LogP contribution in [0.15, 0.2) is 11.6 Å². The van der Waals surface area contributed by atoms with Gasteiger partial charge in [0.1, 0.15) is 0 Å². The van der Waals surface area contributed by atoms with Gasteiger partial charge in [-0.2, -0.15) is 0 Å². The van der Waals surface area contributed by atoms with E-state index in [4.69, 9.17) is 16.3 Å². The van der Waals surface area contributed by atoms with Crippen LogP contribution in [-0.2, 0) is 4.74 Å². The number of hydrogen-bond donors (Lipinski definition) is 1. The molecule has 5 heteroatoms. The van der Waals surface area contributed by atoms with Gasteiger partial charge in [-0.15, -0.1) is 22.9 Å². The molecule has 1 N–H and O–H groups in total. The van der Waals surface area contributed by atoms with Crippen molar-refractivity contribution in [3.8, 4) is 0 Å². The summed E-state index contributed by atoms with van der Waals surface area (Å²) < 4.78 is 5.06. The van der Waals surface area contributed by atoms with Gasteiger partial charge in [0.15, 0.2) is 5.13 Å². The van der Waals surface area contributed by atoms with Crippen LogP contribution in [0.1, 0.15) is 6.42 Å². The van der Waals surface area contributed by atoms with Gasteiger partial charge >= 0.3 is 0 Å². The van der Waals surface area contributed by atoms with Crippen molar-refractivity contribution < 1.29 is 4.74 Å². The van der Waals surface area contributed by atoms with E-state index in [0.29, 0.717) is 12.5 Å². The molecular formula is C8H13ClN2OS. The maximum atomic E-state index is 5.66. The molecule has 0 saturated heterocycles. The molecule has 0 aliphatic carbocycles. The Balaban J connectivity index is 2.37. The molecule has 1 heterocycles. The van der Waals surface area contributed by atoms with Gasteiger partial charge in [0.25, 0.3) is 0 Å². The number of thiazole rings is 1. The number of nitrogens with one attached hydrogen (secondary N) is 1. The first-order chi connectivity index (χ1) is 6.36. The molecule has 0 bridgehead atoms. The molecule has 0 aliphatic rings. The first kappa shape index (κ1) is 10.8. The Morgan fingerprint density at radius 2 is 2.62 bits per heavy atom. The van der Waals surface area contributed by atoms with Gasteiger partial charge in [-0.25, -0.2) is 4.98 Å². The molecular weight excluding hydrogens is 208 g/mol. The largest absolute Gasteiger partial charge is 0.383 e. The summed E-state index contributed by atoms with van der Waals surface area (Å²) >= 11 is 7.24. The van der Waals surface area contributed by atoms with Gasteiger partial charge in [0.2, 0.25) is 0 Å². The second kappa shape index (κ2) is 6.18. The van der Waals surface area contributed by atoms with Gasteiger partial charge in [-0.05, 0) is 6.42 Å². The van der Waals surface area contributed by atoms with Crippen molar-refractivity contribution in [2.75, 3.05) is 24.9 Å². The first-order valence-electron chi connectivity index (χ1n) is 4.07. The molecule has 1 unspecified atom stereocenters. The molecule has 0 saturated carbocycles. The fraction of sp³-hybridized carbons (Fsp3) is 0.625. The summed E-state index contributed by atoms with van der Waals surface area (Å²) in [6.07, 6.45) is 2.66. The third-order valence-electron chi connectivity index (χ3n) is 1.59. The molecule has 0 amide bonds. The molecule has 1 aromatic rings. The van der Waals surface area contributed by atoms with E-state index < -0.39 is 0 Å². The summed E-state index contributed by atoms with van der Waals surface area (Å²) in [5, 5.41) is 6.12. The smallest absolute Gasteiger partial charge is 0.182 e. The quantitative estimate of drug-likeness (QED) is 0.747. The van der Waals surface area contributed by atoms with Gasteiger partial charge in [0.05, 0.1) is 12.6 Å². The third-order valence-corrected chi connectivity index (χ3v) is 2.51. The Hall–Kier alpha value is -0.320. The summed E-state index contributed by atoms with van der Waals surface area (Å²) in [4.78, 5) is 4.13. The topological polar surface area (TPSA) is 34.1 Å². The maximum Gasteiger partial charge on any atom is 0.182 e. The number of anilines is 1. The fourth-order valence-corrected chi connectivity index (χ4v) is 1.87. The minimum Gasteiger partial charge on any atom is -0.383 e. The highest BCUT2D eigenvalue weighted by Crippen LogP contribution is 2.13. The van der Waals surface area contributed by atoms with Gasteiger partial charge in [-0.3, -0.25) is 0 Å². The molecule has 1 rings (SSSR count). The molecule has 1 aromatic heterocycles. The van der Waals surface area contributed by atoms with Crippen molar-refractivity contribution in [3.63, 3.8) is 0 Å². The van der Waals surface area contributed by atoms with Crippen LogP contribution in [-0.4, -0.2) is 30.6 Å². The predicted molar refractivity (Wildman–Crippen MR) is 56.7 cm³/mol. The summed E-state index contributed by atoms with van der Waals surface area (Å²) in [5.74, 6) is 0.631. The first-order valence-corrected chi connectivity index (χ1v) is 5.49. The number of nitrogens with zero attached hydrogens (tertiary/aromatic N) is 1. The average Bonchev–Trinajstić information content (AvgIpc) is 2.58. The fourth-order valence-electron chi connectivity index (χ4n) is 0.999. The van der Waals surface area contributed by atoms with E-state index in [1.807, 2.05) is 5.38 Å². The van der Waals surface area contributed by atoms with Gasteiger partial charge in [-0.1, -0.05) is 0 Å². The number of methoxy groups -OCH3 is 1. The lowest BCUT2D eigenvalue weighted by molar-refractivity contribution is 0.184. The van der Waals surface area contributed by atoms with Crippen LogP contribution >= 0.6 is 22.9 Å². The molecule has 0 spiro atoms. The monoisotopic (exact) mass is 220 g/mol. The molecule has 13 heavy (non-hydrogen) atoms. The molecule has 0 fully saturated rings. The normalized spacial score (nSPS) is 12.8. The Labute approximate surface area is 87.1 Å². The summed E-state index contributed by atoms with van der Waals surface area (Å²) in [6.45, 7) is 0.659. The van der Waals surface area contributed by atoms with Crippen molar-refractivity contribution >= 4 is 28.1 Å². The molecule has 0 radical (unpaired) electrons. The van der Waals surface area contributed by atoms with Crippen molar-refractivity contribution in [2.24, 2.45) is 0 Å². The van der Waals surface area contributed by atoms with Crippen LogP contribution in [0.3, 0.4) is 0 Å². The number of alkyl halides is 1. The standard InChI is InChI=1S/C8H13ClN2OS/c1-12-6-7(2-3-9)11-8-10-4-5-13-8/h4-5,7H,2-3,6H2,1H3,(H,10,11). The zero-order valence-corrected chi connectivity index (χ0v) is 9.07. The van der Waals surface area contributed by atoms with E-state index in [-0.39, 0.29) is 6.04 Å². The molecule has 0 aliphatic heterocycles. The SMILES string of the molecule is COCC(CCCl)Nc1nccs1. The third kappa shape index (κ3) is 3.93. The van der Waals surface area contributed by atoms with Crippen molar-refractivity contribution in [2.45, 2.75) is 12.5 Å². The van der Waals surface area contributed by atoms with E-state index in [0.717, 1.165) is 11.6 Å². The van der Waals surface area contributed by atoms with Crippen LogP contribution in [0.25, 0.3) is 0 Å². The van der Waals surface area contributed by atoms with E-state index in [1.165, 1.54) is 0 Å². The highest BCUT2D eigenvalue weighted by Gasteiger charge is 2.08. The summed E-state index contributed by atoms with van der Waals surface area (Å²) in [7, 11) is 1.69. The van der Waals surface area contributed by atoms with Crippen LogP contribution in [0.4, 0.5) is 5.13 Å². The van der Waals surface area contributed by atoms with E-state index in [1.54, 1.807) is 24.6 Å². The average molecular weight is 221 g/mol. The van der Waals surface area contributed by atoms with E-state index >= 15 is 0 Å². The maximum absolute atomic E-state index is 5.66. The lowest BCUT2D eigenvalue weighted by Crippen LogP contribution is -2.25. The predicted octanol–water partition coefficient (Wildman–Crippen LogP) is 2.20. The Kier molecular flexibility index (Phi) is 5.12. The lowest BCUT2D eigenvalue weighted by atomic mass is 10.2. The summed E-state index contributed by atoms with van der Waals surface area (Å²) in [6, 6.07) is 0.258. The Morgan fingerprint density at radius 1 is 1.77 bits per heavy atom. The number of hydrogen-bond acceptors (Lipinski definition) is 4. The van der Waals surface area contributed by atoms with Crippen LogP contribution < -0.4 is 5.32 Å². The second-order valence-electron chi connectivity index (χ2n) is 2.61. The molecule has 0 aromatic carbocycles. The minimum atomic E-state index is 0.258. The van der Waals surface area contributed by atoms with Crippen LogP contribution in [0, 0.1) is 0 Å². The zero-order valence-electron chi connectivity index (χ0n) is 7.50. The van der Waals surface area contributed by atoms with Crippen molar-refractivity contribution in [1.29, 1.82) is 0 Å². The Morgan fingerprint density at radius 3 is 3.15 bits per heavy atom. The lowest BCUT2D eigenvalue weighted by Gasteiger charge is -2.15. The summed E-state index contributed by atoms with van der Waals surface area (Å²) in [5.41, 5.74) is 0. The molecule has 1 atom stereocenters. The van der Waals surface area contributed by atoms with Gasteiger partial charge in [0, 0.05) is 24.6 Å².